The van der Waals surface area contributed by atoms with Gasteiger partial charge in [-0.3, -0.25) is 0 Å². The molecule has 0 aliphatic heterocycles. The van der Waals surface area contributed by atoms with Crippen molar-refractivity contribution in [3.05, 3.63) is 35.1 Å². The molecule has 0 saturated carbocycles. The van der Waals surface area contributed by atoms with Crippen LogP contribution in [-0.2, 0) is 5.54 Å². The van der Waals surface area contributed by atoms with Gasteiger partial charge in [-0.25, -0.2) is 4.39 Å². The van der Waals surface area contributed by atoms with Crippen LogP contribution < -0.4 is 5.73 Å². The summed E-state index contributed by atoms with van der Waals surface area (Å²) in [6.45, 7) is 1.17. The lowest BCUT2D eigenvalue weighted by Crippen LogP contribution is -2.37. The van der Waals surface area contributed by atoms with E-state index < -0.39 is 11.4 Å². The minimum atomic E-state index is -1.11. The highest BCUT2D eigenvalue weighted by Gasteiger charge is 2.23. The summed E-state index contributed by atoms with van der Waals surface area (Å²) in [6.07, 6.45) is 0. The van der Waals surface area contributed by atoms with Crippen molar-refractivity contribution in [1.82, 2.24) is 0 Å². The Morgan fingerprint density at radius 2 is 2.29 bits per heavy atom. The molecule has 1 aromatic carbocycles. The van der Waals surface area contributed by atoms with E-state index >= 15 is 0 Å². The van der Waals surface area contributed by atoms with E-state index in [-0.39, 0.29) is 17.7 Å². The average molecular weight is 194 g/mol. The van der Waals surface area contributed by atoms with Gasteiger partial charge in [0.25, 0.3) is 0 Å². The molecule has 0 fully saturated rings. The first kappa shape index (κ1) is 10.6. The van der Waals surface area contributed by atoms with E-state index in [0.29, 0.717) is 0 Å². The molecule has 0 heterocycles. The highest BCUT2D eigenvalue weighted by atomic mass is 19.1. The van der Waals surface area contributed by atoms with Crippen LogP contribution in [0.2, 0.25) is 0 Å². The molecule has 3 N–H and O–H groups in total. The predicted octanol–water partition coefficient (Wildman–Crippen LogP) is 0.864. The second kappa shape index (κ2) is 3.74. The molecule has 74 valence electrons. The Bertz CT molecular complexity index is 382. The minimum Gasteiger partial charge on any atom is -0.394 e. The Kier molecular flexibility index (Phi) is 2.84. The Morgan fingerprint density at radius 1 is 1.64 bits per heavy atom. The number of hydrogen-bond donors (Lipinski definition) is 2. The molecule has 0 radical (unpaired) electrons. The van der Waals surface area contributed by atoms with Crippen LogP contribution in [0.25, 0.3) is 0 Å². The summed E-state index contributed by atoms with van der Waals surface area (Å²) in [5, 5.41) is 17.5. The van der Waals surface area contributed by atoms with Gasteiger partial charge in [-0.15, -0.1) is 0 Å². The first-order chi connectivity index (χ1) is 6.51. The second-order valence-electron chi connectivity index (χ2n) is 3.38. The number of nitrogens with two attached hydrogens (primary N) is 1. The summed E-state index contributed by atoms with van der Waals surface area (Å²) in [5.41, 5.74) is 4.99. The van der Waals surface area contributed by atoms with Crippen LogP contribution in [0.4, 0.5) is 4.39 Å². The zero-order valence-electron chi connectivity index (χ0n) is 7.79. The largest absolute Gasteiger partial charge is 0.394 e. The Balaban J connectivity index is 3.20. The standard InChI is InChI=1S/C10H11FN2O/c1-10(13,6-14)8-3-2-7(5-12)4-9(8)11/h2-4,14H,6,13H2,1H3/t10-/m1/s1. The van der Waals surface area contributed by atoms with Crippen LogP contribution in [0, 0.1) is 17.1 Å². The van der Waals surface area contributed by atoms with Gasteiger partial charge in [0.2, 0.25) is 0 Å². The van der Waals surface area contributed by atoms with Gasteiger partial charge >= 0.3 is 0 Å². The maximum Gasteiger partial charge on any atom is 0.129 e. The van der Waals surface area contributed by atoms with Crippen LogP contribution in [0.5, 0.6) is 0 Å². The molecule has 0 aliphatic rings. The molecule has 0 aromatic heterocycles. The first-order valence-corrected chi connectivity index (χ1v) is 4.11. The van der Waals surface area contributed by atoms with Crippen molar-refractivity contribution >= 4 is 0 Å². The number of halogens is 1. The van der Waals surface area contributed by atoms with Crippen LogP contribution in [-0.4, -0.2) is 11.7 Å². The van der Waals surface area contributed by atoms with Crippen LogP contribution >= 0.6 is 0 Å². The minimum absolute atomic E-state index is 0.207. The van der Waals surface area contributed by atoms with E-state index in [1.54, 1.807) is 0 Å². The number of nitrogens with zero attached hydrogens (tertiary/aromatic N) is 1. The molecule has 4 heteroatoms. The van der Waals surface area contributed by atoms with E-state index in [1.165, 1.54) is 19.1 Å². The quantitative estimate of drug-likeness (QED) is 0.733. The van der Waals surface area contributed by atoms with Gasteiger partial charge in [-0.05, 0) is 19.1 Å². The third kappa shape index (κ3) is 1.90. The van der Waals surface area contributed by atoms with Crippen molar-refractivity contribution in [2.24, 2.45) is 5.73 Å². The third-order valence-corrected chi connectivity index (χ3v) is 2.04. The van der Waals surface area contributed by atoms with Crippen molar-refractivity contribution < 1.29 is 9.50 Å². The maximum absolute atomic E-state index is 13.4. The summed E-state index contributed by atoms with van der Waals surface area (Å²) in [7, 11) is 0. The topological polar surface area (TPSA) is 70.0 Å². The van der Waals surface area contributed by atoms with E-state index in [0.717, 1.165) is 6.07 Å². The van der Waals surface area contributed by atoms with Gasteiger partial charge in [0, 0.05) is 5.56 Å². The van der Waals surface area contributed by atoms with Gasteiger partial charge in [0.05, 0.1) is 23.8 Å². The normalized spacial score (nSPS) is 14.5. The number of benzene rings is 1. The SMILES string of the molecule is C[C@@](N)(CO)c1ccc(C#N)cc1F. The fourth-order valence-electron chi connectivity index (χ4n) is 1.13. The highest BCUT2D eigenvalue weighted by Crippen LogP contribution is 2.21. The monoisotopic (exact) mass is 194 g/mol. The van der Waals surface area contributed by atoms with Crippen molar-refractivity contribution in [2.45, 2.75) is 12.5 Å². The smallest absolute Gasteiger partial charge is 0.129 e. The lowest BCUT2D eigenvalue weighted by molar-refractivity contribution is 0.206. The zero-order valence-corrected chi connectivity index (χ0v) is 7.79. The summed E-state index contributed by atoms with van der Waals surface area (Å²) in [6, 6.07) is 5.82. The third-order valence-electron chi connectivity index (χ3n) is 2.04. The molecule has 0 unspecified atom stereocenters. The molecule has 0 saturated heterocycles. The molecule has 1 rings (SSSR count). The fraction of sp³-hybridized carbons (Fsp3) is 0.300. The van der Waals surface area contributed by atoms with Crippen molar-refractivity contribution in [3.8, 4) is 6.07 Å². The van der Waals surface area contributed by atoms with Gasteiger partial charge in [0.15, 0.2) is 0 Å². The molecule has 0 spiro atoms. The summed E-state index contributed by atoms with van der Waals surface area (Å²) in [5.74, 6) is -0.567. The fourth-order valence-corrected chi connectivity index (χ4v) is 1.13. The molecule has 3 nitrogen and oxygen atoms in total. The van der Waals surface area contributed by atoms with E-state index in [1.807, 2.05) is 6.07 Å². The van der Waals surface area contributed by atoms with Crippen molar-refractivity contribution in [3.63, 3.8) is 0 Å². The van der Waals surface area contributed by atoms with Crippen molar-refractivity contribution in [1.29, 1.82) is 5.26 Å². The Hall–Kier alpha value is -1.44. The number of hydrogen-bond acceptors (Lipinski definition) is 3. The first-order valence-electron chi connectivity index (χ1n) is 4.11. The highest BCUT2D eigenvalue weighted by molar-refractivity contribution is 5.35. The van der Waals surface area contributed by atoms with Gasteiger partial charge in [0.1, 0.15) is 5.82 Å². The second-order valence-corrected chi connectivity index (χ2v) is 3.38. The van der Waals surface area contributed by atoms with Crippen LogP contribution in [0.15, 0.2) is 18.2 Å². The lowest BCUT2D eigenvalue weighted by Gasteiger charge is -2.22. The van der Waals surface area contributed by atoms with Gasteiger partial charge in [-0.2, -0.15) is 5.26 Å². The molecule has 1 aromatic rings. The molecular formula is C10H11FN2O. The van der Waals surface area contributed by atoms with Gasteiger partial charge in [-0.1, -0.05) is 6.07 Å². The van der Waals surface area contributed by atoms with E-state index in [4.69, 9.17) is 16.1 Å². The van der Waals surface area contributed by atoms with Crippen molar-refractivity contribution in [2.75, 3.05) is 6.61 Å². The summed E-state index contributed by atoms with van der Waals surface area (Å²) < 4.78 is 13.4. The Labute approximate surface area is 81.6 Å². The molecular weight excluding hydrogens is 183 g/mol. The lowest BCUT2D eigenvalue weighted by atomic mass is 9.93. The Morgan fingerprint density at radius 3 is 2.71 bits per heavy atom. The number of aliphatic hydroxyl groups excluding tert-OH is 1. The number of rotatable bonds is 2. The summed E-state index contributed by atoms with van der Waals surface area (Å²) >= 11 is 0. The van der Waals surface area contributed by atoms with Crippen LogP contribution in [0.3, 0.4) is 0 Å². The summed E-state index contributed by atoms with van der Waals surface area (Å²) in [4.78, 5) is 0. The molecule has 0 bridgehead atoms. The zero-order chi connectivity index (χ0) is 10.8. The van der Waals surface area contributed by atoms with Crippen LogP contribution in [0.1, 0.15) is 18.1 Å². The molecule has 0 aliphatic carbocycles. The maximum atomic E-state index is 13.4. The molecule has 1 atom stereocenters. The average Bonchev–Trinajstić information content (AvgIpc) is 2.17. The molecule has 0 amide bonds. The molecule has 14 heavy (non-hydrogen) atoms. The predicted molar refractivity (Wildman–Crippen MR) is 49.7 cm³/mol. The van der Waals surface area contributed by atoms with E-state index in [2.05, 4.69) is 0 Å². The van der Waals surface area contributed by atoms with E-state index in [9.17, 15) is 4.39 Å². The number of nitriles is 1. The number of aliphatic hydroxyl groups is 1. The van der Waals surface area contributed by atoms with Gasteiger partial charge < -0.3 is 10.8 Å².